The average Bonchev–Trinajstić information content (AvgIpc) is 3.51. The van der Waals surface area contributed by atoms with E-state index in [-0.39, 0.29) is 50.4 Å². The first-order valence-corrected chi connectivity index (χ1v) is 15.4. The zero-order valence-corrected chi connectivity index (χ0v) is 27.1. The van der Waals surface area contributed by atoms with Crippen molar-refractivity contribution >= 4 is 128 Å². The number of fused-ring (bicyclic) bond motifs is 5. The minimum absolute atomic E-state index is 0.0521. The Bertz CT molecular complexity index is 1620. The van der Waals surface area contributed by atoms with Gasteiger partial charge in [-0.25, -0.2) is 4.90 Å². The Morgan fingerprint density at radius 1 is 0.881 bits per heavy atom. The molecular weight excluding hydrogens is 716 g/mol. The first-order chi connectivity index (χ1) is 19.6. The summed E-state index contributed by atoms with van der Waals surface area (Å²) in [5.74, 6) is -5.52. The molecule has 0 unspecified atom stereocenters. The van der Waals surface area contributed by atoms with Gasteiger partial charge in [-0.1, -0.05) is 75.7 Å². The van der Waals surface area contributed by atoms with Crippen molar-refractivity contribution < 1.29 is 23.9 Å². The van der Waals surface area contributed by atoms with Crippen LogP contribution in [-0.2, 0) is 19.2 Å². The summed E-state index contributed by atoms with van der Waals surface area (Å²) in [5.41, 5.74) is 1.03. The van der Waals surface area contributed by atoms with Crippen LogP contribution >= 0.6 is 92.8 Å². The Balaban J connectivity index is 1.22. The number of esters is 1. The number of carbonyl (C=O) groups excluding carboxylic acids is 4. The van der Waals surface area contributed by atoms with E-state index < -0.39 is 49.6 Å². The number of nitrogens with zero attached hydrogens (tertiary/aromatic N) is 2. The lowest BCUT2D eigenvalue weighted by Crippen LogP contribution is -2.50. The Labute approximate surface area is 279 Å². The van der Waals surface area contributed by atoms with Crippen LogP contribution in [0.1, 0.15) is 12.0 Å². The van der Waals surface area contributed by atoms with Gasteiger partial charge >= 0.3 is 5.97 Å². The molecule has 2 bridgehead atoms. The van der Waals surface area contributed by atoms with E-state index in [4.69, 9.17) is 97.5 Å². The van der Waals surface area contributed by atoms with Crippen LogP contribution in [0.2, 0.25) is 10.0 Å². The Hall–Kier alpha value is -1.42. The number of rotatable bonds is 4. The summed E-state index contributed by atoms with van der Waals surface area (Å²) in [6.45, 7) is 1.67. The molecule has 1 saturated carbocycles. The number of anilines is 2. The smallest absolute Gasteiger partial charge is 0.316 e. The van der Waals surface area contributed by atoms with Crippen molar-refractivity contribution in [1.29, 1.82) is 0 Å². The molecule has 6 rings (SSSR count). The molecule has 42 heavy (non-hydrogen) atoms. The third kappa shape index (κ3) is 3.81. The number of allylic oxidation sites excluding steroid dienone is 2. The minimum atomic E-state index is -2.04. The summed E-state index contributed by atoms with van der Waals surface area (Å²) >= 11 is 51.7. The summed E-state index contributed by atoms with van der Waals surface area (Å²) < 4.78 is 3.52. The predicted octanol–water partition coefficient (Wildman–Crippen LogP) is 7.21. The number of aryl methyl sites for hydroxylation is 1. The van der Waals surface area contributed by atoms with Gasteiger partial charge < -0.3 is 9.64 Å². The number of halogens is 8. The van der Waals surface area contributed by atoms with Crippen molar-refractivity contribution in [3.63, 3.8) is 0 Å². The summed E-state index contributed by atoms with van der Waals surface area (Å²) in [6, 6.07) is 9.24. The zero-order chi connectivity index (χ0) is 30.7. The van der Waals surface area contributed by atoms with E-state index in [0.717, 1.165) is 4.90 Å². The number of alkyl halides is 4. The third-order valence-electron chi connectivity index (χ3n) is 8.22. The van der Waals surface area contributed by atoms with E-state index >= 15 is 0 Å². The van der Waals surface area contributed by atoms with Crippen molar-refractivity contribution in [1.82, 2.24) is 0 Å². The standard InChI is InChI=1S/C27H16Cl8N2O5/c1-10-7-12(42-24(41)11-8-16(38)36(9-11)15-4-2-3-13(28)19(15)29)5-6-14(10)37-22(39)17-18(23(37)40)26(33)21(31)20(30)25(17,32)27(26,34)35/h2-7,11,17-18H,8-9H2,1H3/t11-,17+,18+,25-,26-/m1/s1. The summed E-state index contributed by atoms with van der Waals surface area (Å²) in [6.07, 6.45) is -0.0829. The number of hydrogen-bond donors (Lipinski definition) is 0. The molecule has 0 N–H and O–H groups in total. The number of benzene rings is 2. The largest absolute Gasteiger partial charge is 0.426 e. The number of ether oxygens (including phenoxy) is 1. The van der Waals surface area contributed by atoms with E-state index in [0.29, 0.717) is 11.3 Å². The van der Waals surface area contributed by atoms with Crippen LogP contribution in [0.3, 0.4) is 0 Å². The fourth-order valence-electron chi connectivity index (χ4n) is 6.17. The van der Waals surface area contributed by atoms with Crippen LogP contribution in [0.4, 0.5) is 11.4 Å². The van der Waals surface area contributed by atoms with Gasteiger partial charge in [0.15, 0.2) is 4.33 Å². The maximum atomic E-state index is 13.7. The molecule has 0 aromatic heterocycles. The Morgan fingerprint density at radius 2 is 1.48 bits per heavy atom. The molecule has 0 radical (unpaired) electrons. The monoisotopic (exact) mass is 728 g/mol. The molecule has 2 aliphatic heterocycles. The van der Waals surface area contributed by atoms with Gasteiger partial charge in [-0.2, -0.15) is 0 Å². The van der Waals surface area contributed by atoms with Crippen LogP contribution in [0.15, 0.2) is 46.5 Å². The highest BCUT2D eigenvalue weighted by Gasteiger charge is 2.87. The number of hydrogen-bond acceptors (Lipinski definition) is 5. The van der Waals surface area contributed by atoms with Gasteiger partial charge in [0.05, 0.1) is 49.2 Å². The molecule has 15 heteroatoms. The van der Waals surface area contributed by atoms with Crippen molar-refractivity contribution in [2.45, 2.75) is 27.4 Å². The molecule has 2 aromatic carbocycles. The first kappa shape index (κ1) is 30.6. The minimum Gasteiger partial charge on any atom is -0.426 e. The maximum Gasteiger partial charge on any atom is 0.316 e. The van der Waals surface area contributed by atoms with Crippen molar-refractivity contribution in [3.05, 3.63) is 62.1 Å². The molecule has 2 aliphatic carbocycles. The molecule has 3 fully saturated rings. The SMILES string of the molecule is Cc1cc(OC(=O)[C@@H]2CC(=O)N(c3cccc(Cl)c3Cl)C2)ccc1N1C(=O)[C@@H]2[C@@H](C1=O)[C@@]1(Cl)C(Cl)=C(Cl)[C@@]2(Cl)C1(Cl)Cl. The fraction of sp³-hybridized carbons (Fsp3) is 0.333. The summed E-state index contributed by atoms with van der Waals surface area (Å²) in [7, 11) is 0. The molecule has 220 valence electrons. The molecular formula is C27H16Cl8N2O5. The Kier molecular flexibility index (Phi) is 7.32. The van der Waals surface area contributed by atoms with E-state index in [2.05, 4.69) is 0 Å². The molecule has 2 aromatic rings. The predicted molar refractivity (Wildman–Crippen MR) is 164 cm³/mol. The highest BCUT2D eigenvalue weighted by atomic mass is 35.5. The van der Waals surface area contributed by atoms with Crippen LogP contribution < -0.4 is 14.5 Å². The number of carbonyl (C=O) groups is 4. The third-order valence-corrected chi connectivity index (χ3v) is 13.3. The lowest BCUT2D eigenvalue weighted by Gasteiger charge is -2.34. The Morgan fingerprint density at radius 3 is 2.05 bits per heavy atom. The van der Waals surface area contributed by atoms with Gasteiger partial charge in [0.2, 0.25) is 17.7 Å². The van der Waals surface area contributed by atoms with Crippen LogP contribution in [0, 0.1) is 24.7 Å². The lowest BCUT2D eigenvalue weighted by molar-refractivity contribution is -0.139. The maximum absolute atomic E-state index is 13.7. The van der Waals surface area contributed by atoms with Crippen LogP contribution in [0.25, 0.3) is 0 Å². The van der Waals surface area contributed by atoms with E-state index in [9.17, 15) is 19.2 Å². The summed E-state index contributed by atoms with van der Waals surface area (Å²) in [5, 5.41) is 0.120. The van der Waals surface area contributed by atoms with Crippen LogP contribution in [0.5, 0.6) is 5.75 Å². The fourth-order valence-corrected chi connectivity index (χ4v) is 9.50. The molecule has 3 amide bonds. The van der Waals surface area contributed by atoms with Crippen molar-refractivity contribution in [2.75, 3.05) is 16.3 Å². The normalized spacial score (nSPS) is 31.5. The molecule has 2 saturated heterocycles. The van der Waals surface area contributed by atoms with Gasteiger partial charge in [0.25, 0.3) is 0 Å². The second kappa shape index (κ2) is 10.0. The second-order valence-electron chi connectivity index (χ2n) is 10.4. The van der Waals surface area contributed by atoms with Gasteiger partial charge in [-0.3, -0.25) is 19.2 Å². The topological polar surface area (TPSA) is 84.0 Å². The van der Waals surface area contributed by atoms with E-state index in [1.807, 2.05) is 0 Å². The molecule has 7 nitrogen and oxygen atoms in total. The van der Waals surface area contributed by atoms with Crippen molar-refractivity contribution in [3.8, 4) is 5.75 Å². The van der Waals surface area contributed by atoms with Gasteiger partial charge in [0.1, 0.15) is 15.5 Å². The van der Waals surface area contributed by atoms with Crippen LogP contribution in [-0.4, -0.2) is 44.3 Å². The quantitative estimate of drug-likeness (QED) is 0.144. The highest BCUT2D eigenvalue weighted by molar-refractivity contribution is 6.67. The second-order valence-corrected chi connectivity index (χ2v) is 14.5. The van der Waals surface area contributed by atoms with E-state index in [1.165, 1.54) is 23.1 Å². The lowest BCUT2D eigenvalue weighted by atomic mass is 9.84. The van der Waals surface area contributed by atoms with Crippen molar-refractivity contribution in [2.24, 2.45) is 17.8 Å². The molecule has 2 heterocycles. The number of imide groups is 1. The van der Waals surface area contributed by atoms with Gasteiger partial charge in [-0.05, 0) is 42.8 Å². The molecule has 5 atom stereocenters. The highest BCUT2D eigenvalue weighted by Crippen LogP contribution is 2.77. The zero-order valence-electron chi connectivity index (χ0n) is 21.1. The van der Waals surface area contributed by atoms with Gasteiger partial charge in [-0.15, -0.1) is 23.2 Å². The molecule has 4 aliphatic rings. The van der Waals surface area contributed by atoms with E-state index in [1.54, 1.807) is 25.1 Å². The average molecular weight is 732 g/mol. The first-order valence-electron chi connectivity index (χ1n) is 12.3. The molecule has 0 spiro atoms. The number of amides is 3. The summed E-state index contributed by atoms with van der Waals surface area (Å²) in [4.78, 5) is 51.5. The van der Waals surface area contributed by atoms with Gasteiger partial charge in [0, 0.05) is 13.0 Å².